The molecule has 0 aliphatic heterocycles. The number of Topliss-reactive ketones (excluding diaryl/α,β-unsaturated/α-hetero) is 2. The number of benzene rings is 3. The van der Waals surface area contributed by atoms with Crippen LogP contribution in [0, 0.1) is 0 Å². The van der Waals surface area contributed by atoms with Gasteiger partial charge in [-0.05, 0) is 47.4 Å². The first kappa shape index (κ1) is 21.2. The van der Waals surface area contributed by atoms with E-state index >= 15 is 0 Å². The minimum absolute atomic E-state index is 0.0370. The number of rotatable bonds is 7. The average Bonchev–Trinajstić information content (AvgIpc) is 2.79. The Balaban J connectivity index is 1.62. The van der Waals surface area contributed by atoms with Gasteiger partial charge in [0.1, 0.15) is 0 Å². The normalized spacial score (nSPS) is 10.9. The highest BCUT2D eigenvalue weighted by molar-refractivity contribution is 6.38. The van der Waals surface area contributed by atoms with Crippen LogP contribution in [0.2, 0.25) is 0 Å². The number of ketones is 2. The summed E-state index contributed by atoms with van der Waals surface area (Å²) in [6, 6.07) is 19.8. The first-order chi connectivity index (χ1) is 15.5. The zero-order valence-corrected chi connectivity index (χ0v) is 17.5. The first-order valence-corrected chi connectivity index (χ1v) is 10.3. The predicted molar refractivity (Wildman–Crippen MR) is 122 cm³/mol. The van der Waals surface area contributed by atoms with Crippen molar-refractivity contribution in [2.24, 2.45) is 0 Å². The largest absolute Gasteiger partial charge is 0.460 e. The van der Waals surface area contributed by atoms with Gasteiger partial charge in [-0.25, -0.2) is 4.79 Å². The van der Waals surface area contributed by atoms with E-state index in [-0.39, 0.29) is 12.2 Å². The molecule has 3 aromatic carbocycles. The molecule has 0 atom stereocenters. The van der Waals surface area contributed by atoms with Gasteiger partial charge >= 0.3 is 5.97 Å². The van der Waals surface area contributed by atoms with E-state index in [0.29, 0.717) is 17.3 Å². The molecule has 6 heteroatoms. The Hall–Kier alpha value is -4.06. The molecule has 0 saturated carbocycles. The number of H-pyrrole nitrogens is 1. The number of ether oxygens (including phenoxy) is 1. The zero-order valence-electron chi connectivity index (χ0n) is 17.5. The zero-order chi connectivity index (χ0) is 22.7. The van der Waals surface area contributed by atoms with Gasteiger partial charge in [0.05, 0.1) is 18.6 Å². The Morgan fingerprint density at radius 3 is 2.41 bits per heavy atom. The number of pyridine rings is 1. The number of hydrogen-bond acceptors (Lipinski definition) is 5. The number of esters is 1. The van der Waals surface area contributed by atoms with Crippen molar-refractivity contribution in [3.63, 3.8) is 0 Å². The van der Waals surface area contributed by atoms with Crippen molar-refractivity contribution in [1.82, 2.24) is 4.98 Å². The van der Waals surface area contributed by atoms with Crippen molar-refractivity contribution in [1.29, 1.82) is 0 Å². The van der Waals surface area contributed by atoms with Crippen molar-refractivity contribution in [2.75, 3.05) is 6.61 Å². The summed E-state index contributed by atoms with van der Waals surface area (Å²) in [5.74, 6) is -2.76. The maximum Gasteiger partial charge on any atom is 0.375 e. The highest BCUT2D eigenvalue weighted by Gasteiger charge is 2.22. The van der Waals surface area contributed by atoms with Crippen LogP contribution in [0.5, 0.6) is 0 Å². The van der Waals surface area contributed by atoms with Gasteiger partial charge in [-0.15, -0.1) is 0 Å². The van der Waals surface area contributed by atoms with E-state index in [1.54, 1.807) is 19.1 Å². The highest BCUT2D eigenvalue weighted by atomic mass is 16.5. The van der Waals surface area contributed by atoms with E-state index in [2.05, 4.69) is 40.1 Å². The highest BCUT2D eigenvalue weighted by Crippen LogP contribution is 2.20. The van der Waals surface area contributed by atoms with Crippen LogP contribution in [0.4, 0.5) is 0 Å². The third kappa shape index (κ3) is 4.34. The van der Waals surface area contributed by atoms with Gasteiger partial charge in [-0.3, -0.25) is 14.4 Å². The van der Waals surface area contributed by atoms with E-state index in [1.807, 2.05) is 18.2 Å². The quantitative estimate of drug-likeness (QED) is 0.208. The third-order valence-corrected chi connectivity index (χ3v) is 5.29. The van der Waals surface area contributed by atoms with Crippen LogP contribution >= 0.6 is 0 Å². The molecule has 4 aromatic rings. The Morgan fingerprint density at radius 2 is 1.62 bits per heavy atom. The van der Waals surface area contributed by atoms with Crippen LogP contribution in [0.25, 0.3) is 21.7 Å². The molecule has 0 radical (unpaired) electrons. The molecule has 6 nitrogen and oxygen atoms in total. The van der Waals surface area contributed by atoms with Gasteiger partial charge < -0.3 is 9.72 Å². The van der Waals surface area contributed by atoms with Gasteiger partial charge in [-0.1, -0.05) is 48.5 Å². The molecule has 160 valence electrons. The molecule has 0 amide bonds. The minimum Gasteiger partial charge on any atom is -0.460 e. The number of aromatic nitrogens is 1. The van der Waals surface area contributed by atoms with Crippen molar-refractivity contribution in [3.8, 4) is 0 Å². The van der Waals surface area contributed by atoms with Crippen LogP contribution in [0.15, 0.2) is 71.7 Å². The van der Waals surface area contributed by atoms with Gasteiger partial charge in [0.2, 0.25) is 5.78 Å². The third-order valence-electron chi connectivity index (χ3n) is 5.29. The van der Waals surface area contributed by atoms with Crippen molar-refractivity contribution < 1.29 is 19.1 Å². The average molecular weight is 427 g/mol. The molecule has 0 spiro atoms. The lowest BCUT2D eigenvalue weighted by atomic mass is 9.99. The van der Waals surface area contributed by atoms with Crippen molar-refractivity contribution in [3.05, 3.63) is 93.8 Å². The molecular formula is C26H21NO5. The Morgan fingerprint density at radius 1 is 0.906 bits per heavy atom. The fraction of sp³-hybridized carbons (Fsp3) is 0.154. The smallest absolute Gasteiger partial charge is 0.375 e. The summed E-state index contributed by atoms with van der Waals surface area (Å²) >= 11 is 0. The molecule has 0 aliphatic carbocycles. The second kappa shape index (κ2) is 8.98. The monoisotopic (exact) mass is 427 g/mol. The van der Waals surface area contributed by atoms with Gasteiger partial charge in [-0.2, -0.15) is 0 Å². The number of carbonyl (C=O) groups excluding carboxylic acids is 3. The molecule has 1 N–H and O–H groups in total. The summed E-state index contributed by atoms with van der Waals surface area (Å²) in [6.45, 7) is 1.60. The molecule has 0 fully saturated rings. The maximum atomic E-state index is 13.0. The standard InChI is InChI=1S/C26H21NO5/c1-2-32-26(31)24(29)14-23(28)21-15-27-22-10-8-17(13-20(22)25(21)30)11-16-7-9-18-5-3-4-6-19(18)12-16/h3-10,12-13,15H,2,11,14H2,1H3,(H,27,30). The summed E-state index contributed by atoms with van der Waals surface area (Å²) < 4.78 is 4.61. The van der Waals surface area contributed by atoms with Crippen molar-refractivity contribution >= 4 is 39.2 Å². The van der Waals surface area contributed by atoms with Gasteiger partial charge in [0, 0.05) is 17.1 Å². The lowest BCUT2D eigenvalue weighted by Gasteiger charge is -2.07. The molecule has 0 saturated heterocycles. The van der Waals surface area contributed by atoms with E-state index < -0.39 is 29.4 Å². The van der Waals surface area contributed by atoms with Gasteiger partial charge in [0.15, 0.2) is 11.2 Å². The molecule has 0 bridgehead atoms. The SMILES string of the molecule is CCOC(=O)C(=O)CC(=O)c1c[nH]c2ccc(Cc3ccc4ccccc4c3)cc2c1=O. The van der Waals surface area contributed by atoms with E-state index in [4.69, 9.17) is 0 Å². The van der Waals surface area contributed by atoms with E-state index in [1.165, 1.54) is 6.20 Å². The second-order valence-corrected chi connectivity index (χ2v) is 7.51. The first-order valence-electron chi connectivity index (χ1n) is 10.3. The fourth-order valence-corrected chi connectivity index (χ4v) is 3.69. The number of fused-ring (bicyclic) bond motifs is 2. The van der Waals surface area contributed by atoms with Crippen LogP contribution in [-0.2, 0) is 20.7 Å². The summed E-state index contributed by atoms with van der Waals surface area (Å²) in [7, 11) is 0. The summed E-state index contributed by atoms with van der Waals surface area (Å²) in [5, 5.41) is 2.66. The van der Waals surface area contributed by atoms with Gasteiger partial charge in [0.25, 0.3) is 0 Å². The molecule has 0 aliphatic rings. The minimum atomic E-state index is -1.07. The van der Waals surface area contributed by atoms with Crippen LogP contribution in [0.1, 0.15) is 34.8 Å². The van der Waals surface area contributed by atoms with E-state index in [9.17, 15) is 19.2 Å². The molecule has 1 heterocycles. The molecule has 0 unspecified atom stereocenters. The number of hydrogen-bond donors (Lipinski definition) is 1. The van der Waals surface area contributed by atoms with Crippen LogP contribution in [0.3, 0.4) is 0 Å². The second-order valence-electron chi connectivity index (χ2n) is 7.51. The fourth-order valence-electron chi connectivity index (χ4n) is 3.69. The lowest BCUT2D eigenvalue weighted by molar-refractivity contribution is -0.153. The van der Waals surface area contributed by atoms with Crippen molar-refractivity contribution in [2.45, 2.75) is 19.8 Å². The number of nitrogens with one attached hydrogen (secondary N) is 1. The lowest BCUT2D eigenvalue weighted by Crippen LogP contribution is -2.24. The molecular weight excluding hydrogens is 406 g/mol. The predicted octanol–water partition coefficient (Wildman–Crippen LogP) is 3.98. The Labute approximate surface area is 183 Å². The summed E-state index contributed by atoms with van der Waals surface area (Å²) in [6.07, 6.45) is 1.21. The maximum absolute atomic E-state index is 13.0. The Bertz CT molecular complexity index is 1420. The Kier molecular flexibility index (Phi) is 5.94. The number of carbonyl (C=O) groups is 3. The molecule has 1 aromatic heterocycles. The number of aromatic amines is 1. The topological polar surface area (TPSA) is 93.3 Å². The summed E-state index contributed by atoms with van der Waals surface area (Å²) in [4.78, 5) is 51.7. The molecule has 32 heavy (non-hydrogen) atoms. The van der Waals surface area contributed by atoms with E-state index in [0.717, 1.165) is 21.9 Å². The molecule has 4 rings (SSSR count). The van der Waals surface area contributed by atoms with Crippen LogP contribution in [-0.4, -0.2) is 29.1 Å². The van der Waals surface area contributed by atoms with Crippen LogP contribution < -0.4 is 5.43 Å². The summed E-state index contributed by atoms with van der Waals surface area (Å²) in [5.41, 5.74) is 1.99.